The molecule has 0 aliphatic heterocycles. The van der Waals surface area contributed by atoms with Crippen LogP contribution in [0.2, 0.25) is 0 Å². The zero-order valence-electron chi connectivity index (χ0n) is 16.0. The monoisotopic (exact) mass is 482 g/mol. The van der Waals surface area contributed by atoms with Crippen molar-refractivity contribution < 1.29 is 22.7 Å². The van der Waals surface area contributed by atoms with Crippen molar-refractivity contribution in [1.82, 2.24) is 5.32 Å². The van der Waals surface area contributed by atoms with Gasteiger partial charge in [-0.05, 0) is 55.0 Å². The highest BCUT2D eigenvalue weighted by Gasteiger charge is 2.07. The lowest BCUT2D eigenvalue weighted by molar-refractivity contribution is -0.121. The number of hydrogen-bond donors (Lipinski definition) is 2. The molecule has 0 saturated carbocycles. The molecular weight excluding hydrogens is 460 g/mol. The van der Waals surface area contributed by atoms with Gasteiger partial charge in [-0.3, -0.25) is 9.59 Å². The van der Waals surface area contributed by atoms with Crippen molar-refractivity contribution in [2.45, 2.75) is 24.2 Å². The van der Waals surface area contributed by atoms with E-state index in [1.54, 1.807) is 24.3 Å². The van der Waals surface area contributed by atoms with E-state index in [1.165, 1.54) is 12.1 Å². The van der Waals surface area contributed by atoms with Crippen molar-refractivity contribution in [2.75, 3.05) is 24.7 Å². The quantitative estimate of drug-likeness (QED) is 0.506. The van der Waals surface area contributed by atoms with Crippen LogP contribution in [0.3, 0.4) is 0 Å². The average Bonchev–Trinajstić information content (AvgIpc) is 2.67. The lowest BCUT2D eigenvalue weighted by Crippen LogP contribution is -2.27. The third kappa shape index (κ3) is 8.66. The number of hydrogen-bond acceptors (Lipinski definition) is 5. The van der Waals surface area contributed by atoms with Gasteiger partial charge >= 0.3 is 0 Å². The number of rotatable bonds is 10. The third-order valence-corrected chi connectivity index (χ3v) is 5.53. The molecule has 0 heterocycles. The molecule has 2 N–H and O–H groups in total. The molecule has 2 aromatic carbocycles. The minimum atomic E-state index is -3.23. The van der Waals surface area contributed by atoms with Crippen LogP contribution in [0.15, 0.2) is 57.9 Å². The summed E-state index contributed by atoms with van der Waals surface area (Å²) >= 11 is 3.33. The molecule has 0 aromatic heterocycles. The maximum absolute atomic E-state index is 11.9. The van der Waals surface area contributed by atoms with Gasteiger partial charge < -0.3 is 15.4 Å². The van der Waals surface area contributed by atoms with Gasteiger partial charge in [0.1, 0.15) is 5.75 Å². The number of halogens is 1. The van der Waals surface area contributed by atoms with E-state index >= 15 is 0 Å². The van der Waals surface area contributed by atoms with Gasteiger partial charge in [0.2, 0.25) is 11.8 Å². The summed E-state index contributed by atoms with van der Waals surface area (Å²) in [5, 5.41) is 5.46. The van der Waals surface area contributed by atoms with E-state index in [4.69, 9.17) is 4.74 Å². The highest BCUT2D eigenvalue weighted by Crippen LogP contribution is 2.16. The highest BCUT2D eigenvalue weighted by atomic mass is 79.9. The number of amides is 2. The molecule has 7 nitrogen and oxygen atoms in total. The van der Waals surface area contributed by atoms with Crippen LogP contribution in [0, 0.1) is 0 Å². The van der Waals surface area contributed by atoms with Crippen LogP contribution in [0.4, 0.5) is 5.69 Å². The first-order valence-electron chi connectivity index (χ1n) is 8.99. The molecule has 2 aromatic rings. The van der Waals surface area contributed by atoms with Crippen LogP contribution < -0.4 is 15.4 Å². The van der Waals surface area contributed by atoms with Crippen molar-refractivity contribution in [3.63, 3.8) is 0 Å². The molecule has 0 radical (unpaired) electrons. The SMILES string of the molecule is CS(=O)(=O)c1ccc(OCCCC(=O)NCCC(=O)Nc2ccc(Br)cc2)cc1. The summed E-state index contributed by atoms with van der Waals surface area (Å²) in [5.41, 5.74) is 0.700. The molecule has 156 valence electrons. The van der Waals surface area contributed by atoms with Crippen molar-refractivity contribution in [3.8, 4) is 5.75 Å². The number of carbonyl (C=O) groups excluding carboxylic acids is 2. The molecule has 0 atom stereocenters. The zero-order chi connectivity index (χ0) is 21.3. The van der Waals surface area contributed by atoms with Gasteiger partial charge in [-0.25, -0.2) is 8.42 Å². The second kappa shape index (κ2) is 11.0. The molecule has 2 rings (SSSR count). The summed E-state index contributed by atoms with van der Waals surface area (Å²) in [6, 6.07) is 13.4. The molecule has 29 heavy (non-hydrogen) atoms. The summed E-state index contributed by atoms with van der Waals surface area (Å²) in [6.07, 6.45) is 2.11. The molecular formula is C20H23BrN2O5S. The van der Waals surface area contributed by atoms with Gasteiger partial charge in [-0.2, -0.15) is 0 Å². The zero-order valence-corrected chi connectivity index (χ0v) is 18.4. The van der Waals surface area contributed by atoms with Gasteiger partial charge in [0.05, 0.1) is 11.5 Å². The Morgan fingerprint density at radius 3 is 2.24 bits per heavy atom. The fraction of sp³-hybridized carbons (Fsp3) is 0.300. The van der Waals surface area contributed by atoms with Gasteiger partial charge in [0.15, 0.2) is 9.84 Å². The highest BCUT2D eigenvalue weighted by molar-refractivity contribution is 9.10. The number of sulfone groups is 1. The third-order valence-electron chi connectivity index (χ3n) is 3.87. The fourth-order valence-electron chi connectivity index (χ4n) is 2.37. The van der Waals surface area contributed by atoms with Crippen molar-refractivity contribution in [3.05, 3.63) is 53.0 Å². The maximum atomic E-state index is 11.9. The number of benzene rings is 2. The van der Waals surface area contributed by atoms with Crippen molar-refractivity contribution >= 4 is 43.3 Å². The number of ether oxygens (including phenoxy) is 1. The molecule has 9 heteroatoms. The summed E-state index contributed by atoms with van der Waals surface area (Å²) in [6.45, 7) is 0.588. The van der Waals surface area contributed by atoms with Crippen LogP contribution >= 0.6 is 15.9 Å². The van der Waals surface area contributed by atoms with Crippen LogP contribution in [0.5, 0.6) is 5.75 Å². The van der Waals surface area contributed by atoms with E-state index in [9.17, 15) is 18.0 Å². The molecule has 0 unspecified atom stereocenters. The molecule has 0 spiro atoms. The minimum Gasteiger partial charge on any atom is -0.494 e. The topological polar surface area (TPSA) is 102 Å². The summed E-state index contributed by atoms with van der Waals surface area (Å²) in [4.78, 5) is 23.9. The number of nitrogens with one attached hydrogen (secondary N) is 2. The van der Waals surface area contributed by atoms with E-state index in [-0.39, 0.29) is 36.1 Å². The average molecular weight is 483 g/mol. The first kappa shape index (κ1) is 22.9. The largest absolute Gasteiger partial charge is 0.494 e. The van der Waals surface area contributed by atoms with E-state index in [0.717, 1.165) is 10.7 Å². The molecule has 0 bridgehead atoms. The minimum absolute atomic E-state index is 0.155. The Bertz CT molecular complexity index is 928. The maximum Gasteiger partial charge on any atom is 0.226 e. The standard InChI is InChI=1S/C20H23BrN2O5S/c1-29(26,27)18-10-8-17(9-11-18)28-14-2-3-19(24)22-13-12-20(25)23-16-6-4-15(21)5-7-16/h4-11H,2-3,12-14H2,1H3,(H,22,24)(H,23,25). The predicted octanol–water partition coefficient (Wildman–Crippen LogP) is 3.16. The Labute approximate surface area is 178 Å². The van der Waals surface area contributed by atoms with Crippen LogP contribution in [-0.4, -0.2) is 39.6 Å². The molecule has 0 aliphatic rings. The van der Waals surface area contributed by atoms with Gasteiger partial charge in [-0.15, -0.1) is 0 Å². The smallest absolute Gasteiger partial charge is 0.226 e. The lowest BCUT2D eigenvalue weighted by Gasteiger charge is -2.08. The second-order valence-corrected chi connectivity index (χ2v) is 9.28. The number of carbonyl (C=O) groups is 2. The molecule has 0 saturated heterocycles. The Morgan fingerprint density at radius 2 is 1.62 bits per heavy atom. The predicted molar refractivity (Wildman–Crippen MR) is 115 cm³/mol. The Morgan fingerprint density at radius 1 is 0.966 bits per heavy atom. The first-order valence-corrected chi connectivity index (χ1v) is 11.7. The van der Waals surface area contributed by atoms with Crippen LogP contribution in [0.25, 0.3) is 0 Å². The van der Waals surface area contributed by atoms with E-state index < -0.39 is 9.84 Å². The Hall–Kier alpha value is -2.39. The first-order chi connectivity index (χ1) is 13.7. The van der Waals surface area contributed by atoms with Crippen molar-refractivity contribution in [2.24, 2.45) is 0 Å². The number of anilines is 1. The van der Waals surface area contributed by atoms with E-state index in [2.05, 4.69) is 26.6 Å². The summed E-state index contributed by atoms with van der Waals surface area (Å²) < 4.78 is 29.2. The lowest BCUT2D eigenvalue weighted by atomic mass is 10.3. The van der Waals surface area contributed by atoms with E-state index in [0.29, 0.717) is 24.5 Å². The molecule has 0 aliphatic carbocycles. The van der Waals surface area contributed by atoms with E-state index in [1.807, 2.05) is 12.1 Å². The van der Waals surface area contributed by atoms with Crippen molar-refractivity contribution in [1.29, 1.82) is 0 Å². The van der Waals surface area contributed by atoms with Gasteiger partial charge in [0, 0.05) is 35.8 Å². The molecule has 0 fully saturated rings. The van der Waals surface area contributed by atoms with Crippen LogP contribution in [0.1, 0.15) is 19.3 Å². The Balaban J connectivity index is 1.58. The summed E-state index contributed by atoms with van der Waals surface area (Å²) in [5.74, 6) is 0.216. The second-order valence-electron chi connectivity index (χ2n) is 6.35. The normalized spacial score (nSPS) is 11.0. The molecule has 2 amide bonds. The summed E-state index contributed by atoms with van der Waals surface area (Å²) in [7, 11) is -3.23. The fourth-order valence-corrected chi connectivity index (χ4v) is 3.26. The van der Waals surface area contributed by atoms with Crippen LogP contribution in [-0.2, 0) is 19.4 Å². The van der Waals surface area contributed by atoms with Gasteiger partial charge in [0.25, 0.3) is 0 Å². The van der Waals surface area contributed by atoms with Gasteiger partial charge in [-0.1, -0.05) is 15.9 Å². The Kier molecular flexibility index (Phi) is 8.66.